The van der Waals surface area contributed by atoms with E-state index in [0.29, 0.717) is 11.0 Å². The molecule has 0 spiro atoms. The molecule has 0 fully saturated rings. The molecule has 152 valence electrons. The van der Waals surface area contributed by atoms with E-state index in [1.807, 2.05) is 43.3 Å². The van der Waals surface area contributed by atoms with E-state index in [1.54, 1.807) is 0 Å². The number of rotatable bonds is 6. The molecule has 0 aliphatic carbocycles. The molecule has 0 bridgehead atoms. The van der Waals surface area contributed by atoms with Gasteiger partial charge in [0.1, 0.15) is 5.01 Å². The third-order valence-electron chi connectivity index (χ3n) is 4.90. The highest BCUT2D eigenvalue weighted by Crippen LogP contribution is 2.33. The van der Waals surface area contributed by atoms with E-state index in [4.69, 9.17) is 4.98 Å². The zero-order valence-corrected chi connectivity index (χ0v) is 18.2. The zero-order valence-electron chi connectivity index (χ0n) is 17.3. The Hall–Kier alpha value is -3.12. The number of aromatic nitrogens is 3. The summed E-state index contributed by atoms with van der Waals surface area (Å²) in [6.45, 7) is 6.24. The van der Waals surface area contributed by atoms with Gasteiger partial charge in [-0.05, 0) is 35.6 Å². The summed E-state index contributed by atoms with van der Waals surface area (Å²) in [5, 5.41) is 13.8. The second-order valence-electron chi connectivity index (χ2n) is 7.76. The molecule has 1 N–H and O–H groups in total. The van der Waals surface area contributed by atoms with E-state index in [2.05, 4.69) is 47.6 Å². The van der Waals surface area contributed by atoms with E-state index >= 15 is 0 Å². The molecule has 1 amide bonds. The number of amides is 1. The summed E-state index contributed by atoms with van der Waals surface area (Å²) in [7, 11) is 0. The Morgan fingerprint density at radius 2 is 1.77 bits per heavy atom. The highest BCUT2D eigenvalue weighted by atomic mass is 32.1. The Balaban J connectivity index is 1.67. The minimum atomic E-state index is -0.111. The number of pyridine rings is 1. The van der Waals surface area contributed by atoms with E-state index < -0.39 is 0 Å². The molecule has 2 aromatic heterocycles. The zero-order chi connectivity index (χ0) is 21.1. The number of aryl methyl sites for hydroxylation is 1. The number of fused-ring (bicyclic) bond motifs is 1. The summed E-state index contributed by atoms with van der Waals surface area (Å²) in [5.41, 5.74) is 4.87. The third kappa shape index (κ3) is 4.39. The van der Waals surface area contributed by atoms with Gasteiger partial charge in [0.15, 0.2) is 0 Å². The van der Waals surface area contributed by atoms with E-state index in [0.717, 1.165) is 44.7 Å². The van der Waals surface area contributed by atoms with Crippen LogP contribution in [0.2, 0.25) is 0 Å². The second-order valence-corrected chi connectivity index (χ2v) is 8.82. The molecule has 0 aliphatic heterocycles. The third-order valence-corrected chi connectivity index (χ3v) is 5.76. The average Bonchev–Trinajstić information content (AvgIpc) is 3.15. The van der Waals surface area contributed by atoms with Crippen LogP contribution in [0.15, 0.2) is 54.6 Å². The van der Waals surface area contributed by atoms with Crippen LogP contribution in [0.3, 0.4) is 0 Å². The van der Waals surface area contributed by atoms with Crippen LogP contribution >= 0.6 is 11.3 Å². The molecular formula is C24H24N4OS. The first-order valence-electron chi connectivity index (χ1n) is 10.1. The lowest BCUT2D eigenvalue weighted by Gasteiger charge is -2.15. The molecule has 0 saturated carbocycles. The Morgan fingerprint density at radius 1 is 1.03 bits per heavy atom. The van der Waals surface area contributed by atoms with Gasteiger partial charge in [0.25, 0.3) is 0 Å². The van der Waals surface area contributed by atoms with E-state index in [1.165, 1.54) is 11.3 Å². The second kappa shape index (κ2) is 8.71. The van der Waals surface area contributed by atoms with Gasteiger partial charge in [-0.25, -0.2) is 0 Å². The molecule has 6 heteroatoms. The van der Waals surface area contributed by atoms with Crippen molar-refractivity contribution in [1.29, 1.82) is 0 Å². The van der Waals surface area contributed by atoms with Gasteiger partial charge in [0, 0.05) is 17.5 Å². The molecule has 4 aromatic rings. The van der Waals surface area contributed by atoms with Crippen LogP contribution in [0.4, 0.5) is 5.13 Å². The molecular weight excluding hydrogens is 392 g/mol. The van der Waals surface area contributed by atoms with Crippen LogP contribution in [0.25, 0.3) is 22.0 Å². The lowest BCUT2D eigenvalue weighted by molar-refractivity contribution is -0.115. The summed E-state index contributed by atoms with van der Waals surface area (Å²) in [4.78, 5) is 17.6. The fraction of sp³-hybridized carbons (Fsp3) is 0.250. The molecule has 30 heavy (non-hydrogen) atoms. The van der Waals surface area contributed by atoms with Crippen molar-refractivity contribution in [1.82, 2.24) is 15.2 Å². The summed E-state index contributed by atoms with van der Waals surface area (Å²) >= 11 is 1.44. The summed E-state index contributed by atoms with van der Waals surface area (Å²) in [5.74, 6) is 0.390. The smallest absolute Gasteiger partial charge is 0.230 e. The van der Waals surface area contributed by atoms with Gasteiger partial charge in [-0.1, -0.05) is 73.7 Å². The van der Waals surface area contributed by atoms with Gasteiger partial charge in [0.2, 0.25) is 11.0 Å². The van der Waals surface area contributed by atoms with Crippen molar-refractivity contribution < 1.29 is 4.79 Å². The van der Waals surface area contributed by atoms with Crippen LogP contribution in [0.1, 0.15) is 30.1 Å². The average molecular weight is 417 g/mol. The summed E-state index contributed by atoms with van der Waals surface area (Å²) in [6, 6.07) is 18.2. The lowest BCUT2D eigenvalue weighted by atomic mass is 9.92. The Bertz CT molecular complexity index is 1180. The maximum absolute atomic E-state index is 12.9. The van der Waals surface area contributed by atoms with E-state index in [9.17, 15) is 4.79 Å². The number of hydrogen-bond acceptors (Lipinski definition) is 5. The van der Waals surface area contributed by atoms with Crippen LogP contribution in [-0.4, -0.2) is 21.1 Å². The number of benzene rings is 2. The molecule has 4 rings (SSSR count). The molecule has 0 atom stereocenters. The topological polar surface area (TPSA) is 67.8 Å². The van der Waals surface area contributed by atoms with Crippen LogP contribution in [0.5, 0.6) is 0 Å². The first-order valence-corrected chi connectivity index (χ1v) is 10.9. The Labute approximate surface area is 180 Å². The molecule has 2 aromatic carbocycles. The van der Waals surface area contributed by atoms with Gasteiger partial charge in [-0.2, -0.15) is 0 Å². The van der Waals surface area contributed by atoms with Crippen molar-refractivity contribution in [2.75, 3.05) is 5.32 Å². The molecule has 0 aliphatic rings. The predicted octanol–water partition coefficient (Wildman–Crippen LogP) is 5.44. The molecule has 0 unspecified atom stereocenters. The minimum absolute atomic E-state index is 0.111. The van der Waals surface area contributed by atoms with Gasteiger partial charge in [-0.3, -0.25) is 9.78 Å². The number of carbonyl (C=O) groups is 1. The SMILES string of the molecule is Cc1nc2ccccc2c(-c2ccccc2)c1CC(=O)Nc1nnc(CC(C)C)s1. The Morgan fingerprint density at radius 3 is 2.53 bits per heavy atom. The first-order chi connectivity index (χ1) is 14.5. The van der Waals surface area contributed by atoms with Crippen LogP contribution < -0.4 is 5.32 Å². The van der Waals surface area contributed by atoms with Crippen molar-refractivity contribution in [2.45, 2.75) is 33.6 Å². The number of anilines is 1. The van der Waals surface area contributed by atoms with Gasteiger partial charge in [0.05, 0.1) is 11.9 Å². The highest BCUT2D eigenvalue weighted by molar-refractivity contribution is 7.15. The normalized spacial score (nSPS) is 11.2. The number of nitrogens with one attached hydrogen (secondary N) is 1. The van der Waals surface area contributed by atoms with Gasteiger partial charge in [-0.15, -0.1) is 10.2 Å². The van der Waals surface area contributed by atoms with Crippen molar-refractivity contribution in [3.63, 3.8) is 0 Å². The number of nitrogens with zero attached hydrogens (tertiary/aromatic N) is 3. The predicted molar refractivity (Wildman–Crippen MR) is 123 cm³/mol. The molecule has 5 nitrogen and oxygen atoms in total. The molecule has 0 radical (unpaired) electrons. The Kier molecular flexibility index (Phi) is 5.86. The minimum Gasteiger partial charge on any atom is -0.300 e. The van der Waals surface area contributed by atoms with E-state index in [-0.39, 0.29) is 12.3 Å². The van der Waals surface area contributed by atoms with Crippen molar-refractivity contribution in [3.8, 4) is 11.1 Å². The quantitative estimate of drug-likeness (QED) is 0.454. The van der Waals surface area contributed by atoms with Gasteiger partial charge >= 0.3 is 0 Å². The molecule has 0 saturated heterocycles. The fourth-order valence-electron chi connectivity index (χ4n) is 3.58. The van der Waals surface area contributed by atoms with Crippen molar-refractivity contribution in [2.24, 2.45) is 5.92 Å². The maximum Gasteiger partial charge on any atom is 0.230 e. The number of hydrogen-bond donors (Lipinski definition) is 1. The maximum atomic E-state index is 12.9. The number of para-hydroxylation sites is 1. The van der Waals surface area contributed by atoms with Gasteiger partial charge < -0.3 is 5.32 Å². The fourth-order valence-corrected chi connectivity index (χ4v) is 4.55. The monoisotopic (exact) mass is 416 g/mol. The summed E-state index contributed by atoms with van der Waals surface area (Å²) in [6.07, 6.45) is 1.09. The highest BCUT2D eigenvalue weighted by Gasteiger charge is 2.18. The lowest BCUT2D eigenvalue weighted by Crippen LogP contribution is -2.16. The standard InChI is InChI=1S/C24H24N4OS/c1-15(2)13-22-27-28-24(30-22)26-21(29)14-19-16(3)25-20-12-8-7-11-18(20)23(19)17-9-5-4-6-10-17/h4-12,15H,13-14H2,1-3H3,(H,26,28,29). The van der Waals surface area contributed by atoms with Crippen LogP contribution in [-0.2, 0) is 17.6 Å². The first kappa shape index (κ1) is 20.2. The largest absolute Gasteiger partial charge is 0.300 e. The van der Waals surface area contributed by atoms with Crippen LogP contribution in [0, 0.1) is 12.8 Å². The van der Waals surface area contributed by atoms with Crippen molar-refractivity contribution >= 4 is 33.3 Å². The van der Waals surface area contributed by atoms with Crippen molar-refractivity contribution in [3.05, 3.63) is 70.9 Å². The number of carbonyl (C=O) groups excluding carboxylic acids is 1. The summed E-state index contributed by atoms with van der Waals surface area (Å²) < 4.78 is 0. The molecule has 2 heterocycles.